The molecule has 0 saturated heterocycles. The van der Waals surface area contributed by atoms with Crippen LogP contribution in [0.3, 0.4) is 0 Å². The summed E-state index contributed by atoms with van der Waals surface area (Å²) in [4.78, 5) is 6.84. The normalized spacial score (nSPS) is 14.0. The Bertz CT molecular complexity index is 804. The maximum absolute atomic E-state index is 4.50. The number of hydrogen-bond donors (Lipinski definition) is 1. The van der Waals surface area contributed by atoms with Crippen molar-refractivity contribution in [2.24, 2.45) is 10.9 Å². The molecule has 3 rings (SSSR count). The third kappa shape index (κ3) is 6.34. The molecule has 160 valence electrons. The number of aliphatic imine (C=N–C) groups is 1. The van der Waals surface area contributed by atoms with Gasteiger partial charge in [-0.3, -0.25) is 4.99 Å². The van der Waals surface area contributed by atoms with Crippen LogP contribution in [-0.2, 0) is 25.9 Å². The van der Waals surface area contributed by atoms with E-state index < -0.39 is 0 Å². The monoisotopic (exact) mass is 528 g/mol. The van der Waals surface area contributed by atoms with Crippen LogP contribution in [0.4, 0.5) is 0 Å². The summed E-state index contributed by atoms with van der Waals surface area (Å²) in [6.45, 7) is 8.26. The Morgan fingerprint density at radius 2 is 2.00 bits per heavy atom. The van der Waals surface area contributed by atoms with Gasteiger partial charge in [0.05, 0.1) is 0 Å². The van der Waals surface area contributed by atoms with Crippen molar-refractivity contribution in [2.45, 2.75) is 51.4 Å². The molecule has 8 heteroatoms. The maximum atomic E-state index is 4.50. The number of thioether (sulfide) groups is 1. The highest BCUT2D eigenvalue weighted by molar-refractivity contribution is 14.0. The van der Waals surface area contributed by atoms with Crippen molar-refractivity contribution < 1.29 is 0 Å². The van der Waals surface area contributed by atoms with E-state index in [4.69, 9.17) is 0 Å². The second-order valence-corrected chi connectivity index (χ2v) is 8.40. The number of benzene rings is 1. The first-order valence-electron chi connectivity index (χ1n) is 10.1. The van der Waals surface area contributed by atoms with Crippen LogP contribution in [0, 0.1) is 5.92 Å². The summed E-state index contributed by atoms with van der Waals surface area (Å²) in [6, 6.07) is 8.70. The quantitative estimate of drug-likeness (QED) is 0.195. The summed E-state index contributed by atoms with van der Waals surface area (Å²) in [5.74, 6) is 2.66. The number of rotatable bonds is 7. The van der Waals surface area contributed by atoms with Crippen molar-refractivity contribution in [3.8, 4) is 0 Å². The van der Waals surface area contributed by atoms with Gasteiger partial charge in [-0.05, 0) is 36.1 Å². The van der Waals surface area contributed by atoms with Crippen LogP contribution < -0.4 is 5.32 Å². The molecule has 6 nitrogen and oxygen atoms in total. The molecule has 0 spiro atoms. The number of aryl methyl sites for hydroxylation is 1. The van der Waals surface area contributed by atoms with Gasteiger partial charge in [-0.1, -0.05) is 49.9 Å². The number of nitrogens with one attached hydrogen (secondary N) is 1. The summed E-state index contributed by atoms with van der Waals surface area (Å²) in [5, 5.41) is 13.3. The summed E-state index contributed by atoms with van der Waals surface area (Å²) < 4.78 is 2.27. The molecule has 0 radical (unpaired) electrons. The Labute approximate surface area is 196 Å². The Kier molecular flexibility index (Phi) is 9.74. The summed E-state index contributed by atoms with van der Waals surface area (Å²) in [6.07, 6.45) is 5.07. The van der Waals surface area contributed by atoms with Gasteiger partial charge < -0.3 is 14.8 Å². The van der Waals surface area contributed by atoms with Gasteiger partial charge >= 0.3 is 0 Å². The van der Waals surface area contributed by atoms with Crippen LogP contribution in [0.15, 0.2) is 34.4 Å². The Balaban J connectivity index is 0.00000300. The standard InChI is InChI=1S/C21H32N6S.HI/c1-16(2)14-27-19(24-25-21(27)28-4)10-7-12-23-20(22-3)26-13-11-17-8-5-6-9-18(17)15-26;/h5-6,8-9,16H,7,10-15H2,1-4H3,(H,22,23);1H. The predicted octanol–water partition coefficient (Wildman–Crippen LogP) is 3.84. The maximum Gasteiger partial charge on any atom is 0.193 e. The average Bonchev–Trinajstić information content (AvgIpc) is 3.08. The topological polar surface area (TPSA) is 58.3 Å². The fraction of sp³-hybridized carbons (Fsp3) is 0.571. The van der Waals surface area contributed by atoms with Gasteiger partial charge in [-0.15, -0.1) is 34.2 Å². The van der Waals surface area contributed by atoms with E-state index >= 15 is 0 Å². The van der Waals surface area contributed by atoms with E-state index in [0.717, 1.165) is 62.4 Å². The van der Waals surface area contributed by atoms with Gasteiger partial charge in [-0.2, -0.15) is 0 Å². The molecular weight excluding hydrogens is 495 g/mol. The second kappa shape index (κ2) is 11.8. The van der Waals surface area contributed by atoms with Crippen LogP contribution in [0.25, 0.3) is 0 Å². The SMILES string of the molecule is CN=C(NCCCc1nnc(SC)n1CC(C)C)N1CCc2ccccc2C1.I. The minimum Gasteiger partial charge on any atom is -0.356 e. The number of nitrogens with zero attached hydrogens (tertiary/aromatic N) is 5. The number of halogens is 1. The van der Waals surface area contributed by atoms with Crippen molar-refractivity contribution in [1.82, 2.24) is 25.0 Å². The Morgan fingerprint density at radius 1 is 1.24 bits per heavy atom. The highest BCUT2D eigenvalue weighted by atomic mass is 127. The molecular formula is C21H33IN6S. The summed E-state index contributed by atoms with van der Waals surface area (Å²) in [7, 11) is 1.87. The van der Waals surface area contributed by atoms with Gasteiger partial charge in [0.25, 0.3) is 0 Å². The lowest BCUT2D eigenvalue weighted by atomic mass is 10.0. The Morgan fingerprint density at radius 3 is 2.69 bits per heavy atom. The molecule has 1 aliphatic rings. The first-order valence-corrected chi connectivity index (χ1v) is 11.3. The third-order valence-corrected chi connectivity index (χ3v) is 5.69. The zero-order chi connectivity index (χ0) is 19.9. The Hall–Kier alpha value is -1.29. The zero-order valence-corrected chi connectivity index (χ0v) is 21.0. The molecule has 0 unspecified atom stereocenters. The van der Waals surface area contributed by atoms with Crippen LogP contribution in [0.2, 0.25) is 0 Å². The van der Waals surface area contributed by atoms with Gasteiger partial charge in [0.2, 0.25) is 0 Å². The summed E-state index contributed by atoms with van der Waals surface area (Å²) >= 11 is 1.67. The minimum atomic E-state index is 0. The van der Waals surface area contributed by atoms with Crippen molar-refractivity contribution in [2.75, 3.05) is 26.4 Å². The van der Waals surface area contributed by atoms with Crippen LogP contribution in [-0.4, -0.2) is 52.0 Å². The molecule has 0 fully saturated rings. The predicted molar refractivity (Wildman–Crippen MR) is 132 cm³/mol. The highest BCUT2D eigenvalue weighted by Gasteiger charge is 2.18. The third-order valence-electron chi connectivity index (χ3n) is 5.03. The van der Waals surface area contributed by atoms with E-state index in [1.165, 1.54) is 11.1 Å². The summed E-state index contributed by atoms with van der Waals surface area (Å²) in [5.41, 5.74) is 2.87. The molecule has 1 aromatic heterocycles. The van der Waals surface area contributed by atoms with Crippen molar-refractivity contribution in [1.29, 1.82) is 0 Å². The van der Waals surface area contributed by atoms with Crippen LogP contribution in [0.1, 0.15) is 37.2 Å². The molecule has 2 heterocycles. The number of hydrogen-bond acceptors (Lipinski definition) is 4. The highest BCUT2D eigenvalue weighted by Crippen LogP contribution is 2.19. The molecule has 1 aliphatic heterocycles. The molecule has 0 aliphatic carbocycles. The first kappa shape index (κ1) is 24.0. The largest absolute Gasteiger partial charge is 0.356 e. The zero-order valence-electron chi connectivity index (χ0n) is 17.9. The lowest BCUT2D eigenvalue weighted by Crippen LogP contribution is -2.44. The van der Waals surface area contributed by atoms with E-state index in [9.17, 15) is 0 Å². The van der Waals surface area contributed by atoms with Gasteiger partial charge in [0.1, 0.15) is 5.82 Å². The van der Waals surface area contributed by atoms with E-state index in [2.05, 4.69) is 74.3 Å². The van der Waals surface area contributed by atoms with E-state index in [-0.39, 0.29) is 24.0 Å². The molecule has 29 heavy (non-hydrogen) atoms. The first-order chi connectivity index (χ1) is 13.6. The van der Waals surface area contributed by atoms with Gasteiger partial charge in [-0.25, -0.2) is 0 Å². The molecule has 0 bridgehead atoms. The van der Waals surface area contributed by atoms with E-state index in [1.54, 1.807) is 11.8 Å². The molecule has 1 aromatic carbocycles. The second-order valence-electron chi connectivity index (χ2n) is 7.63. The molecule has 0 atom stereocenters. The lowest BCUT2D eigenvalue weighted by molar-refractivity contribution is 0.378. The van der Waals surface area contributed by atoms with Crippen LogP contribution in [0.5, 0.6) is 0 Å². The minimum absolute atomic E-state index is 0. The fourth-order valence-electron chi connectivity index (χ4n) is 3.66. The number of fused-ring (bicyclic) bond motifs is 1. The lowest BCUT2D eigenvalue weighted by Gasteiger charge is -2.31. The fourth-order valence-corrected chi connectivity index (χ4v) is 4.18. The van der Waals surface area contributed by atoms with E-state index in [0.29, 0.717) is 5.92 Å². The van der Waals surface area contributed by atoms with Crippen molar-refractivity contribution in [3.05, 3.63) is 41.2 Å². The van der Waals surface area contributed by atoms with Gasteiger partial charge in [0, 0.05) is 39.6 Å². The van der Waals surface area contributed by atoms with E-state index in [1.807, 2.05) is 7.05 Å². The molecule has 0 saturated carbocycles. The molecule has 1 N–H and O–H groups in total. The number of aromatic nitrogens is 3. The smallest absolute Gasteiger partial charge is 0.193 e. The number of guanidine groups is 1. The average molecular weight is 529 g/mol. The molecule has 0 amide bonds. The molecule has 2 aromatic rings. The van der Waals surface area contributed by atoms with Crippen molar-refractivity contribution in [3.63, 3.8) is 0 Å². The van der Waals surface area contributed by atoms with Gasteiger partial charge in [0.15, 0.2) is 11.1 Å². The van der Waals surface area contributed by atoms with Crippen LogP contribution >= 0.6 is 35.7 Å². The van der Waals surface area contributed by atoms with Crippen molar-refractivity contribution >= 4 is 41.7 Å².